The molecule has 1 aliphatic carbocycles. The molecule has 0 atom stereocenters. The molecule has 1 aliphatic rings. The van der Waals surface area contributed by atoms with Crippen molar-refractivity contribution >= 4 is 27.8 Å². The number of aromatic amines is 1. The smallest absolute Gasteiger partial charge is 0.306 e. The Balaban J connectivity index is 1.84. The van der Waals surface area contributed by atoms with Crippen LogP contribution in [0, 0.1) is 28.9 Å². The molecule has 2 heterocycles. The Labute approximate surface area is 201 Å². The Bertz CT molecular complexity index is 1490. The van der Waals surface area contributed by atoms with E-state index < -0.39 is 23.0 Å². The van der Waals surface area contributed by atoms with Crippen LogP contribution in [-0.2, 0) is 10.2 Å². The molecule has 5 rings (SSSR count). The van der Waals surface area contributed by atoms with E-state index in [1.807, 2.05) is 30.5 Å². The van der Waals surface area contributed by atoms with Crippen LogP contribution >= 0.6 is 0 Å². The second-order valence-electron chi connectivity index (χ2n) is 10.1. The van der Waals surface area contributed by atoms with Gasteiger partial charge >= 0.3 is 5.97 Å². The summed E-state index contributed by atoms with van der Waals surface area (Å²) in [4.78, 5) is 11.6. The molecule has 0 saturated heterocycles. The van der Waals surface area contributed by atoms with Crippen LogP contribution in [0.4, 0.5) is 8.78 Å². The normalized spacial score (nSPS) is 18.7. The van der Waals surface area contributed by atoms with Gasteiger partial charge in [0.1, 0.15) is 0 Å². The van der Waals surface area contributed by atoms with Crippen molar-refractivity contribution in [3.8, 4) is 11.8 Å². The van der Waals surface area contributed by atoms with Gasteiger partial charge in [0.25, 0.3) is 0 Å². The van der Waals surface area contributed by atoms with Crippen molar-refractivity contribution in [3.05, 3.63) is 59.4 Å². The molecule has 35 heavy (non-hydrogen) atoms. The van der Waals surface area contributed by atoms with Crippen molar-refractivity contribution in [2.45, 2.75) is 57.3 Å². The van der Waals surface area contributed by atoms with Gasteiger partial charge in [-0.15, -0.1) is 0 Å². The molecule has 0 radical (unpaired) electrons. The Morgan fingerprint density at radius 2 is 1.94 bits per heavy atom. The van der Waals surface area contributed by atoms with Gasteiger partial charge in [0, 0.05) is 40.1 Å². The van der Waals surface area contributed by atoms with Crippen LogP contribution in [-0.4, -0.2) is 25.8 Å². The van der Waals surface area contributed by atoms with Gasteiger partial charge in [-0.05, 0) is 61.4 Å². The molecule has 4 aromatic rings. The van der Waals surface area contributed by atoms with Gasteiger partial charge in [0.05, 0.1) is 29.2 Å². The fraction of sp³-hybridized carbons (Fsp3) is 0.370. The van der Waals surface area contributed by atoms with Gasteiger partial charge in [0.2, 0.25) is 0 Å². The molecule has 180 valence electrons. The van der Waals surface area contributed by atoms with Crippen LogP contribution in [0.25, 0.3) is 27.5 Å². The van der Waals surface area contributed by atoms with Crippen molar-refractivity contribution in [2.75, 3.05) is 0 Å². The maximum absolute atomic E-state index is 14.4. The van der Waals surface area contributed by atoms with E-state index in [0.717, 1.165) is 39.1 Å². The molecule has 0 aliphatic heterocycles. The Hall–Kier alpha value is -3.73. The number of hydrogen-bond acceptors (Lipinski definition) is 3. The molecule has 0 spiro atoms. The van der Waals surface area contributed by atoms with Gasteiger partial charge in [-0.25, -0.2) is 8.78 Å². The summed E-state index contributed by atoms with van der Waals surface area (Å²) in [5.74, 6) is -2.92. The van der Waals surface area contributed by atoms with E-state index in [9.17, 15) is 23.9 Å². The highest BCUT2D eigenvalue weighted by Crippen LogP contribution is 2.47. The fourth-order valence-electron chi connectivity index (χ4n) is 5.63. The van der Waals surface area contributed by atoms with E-state index in [1.54, 1.807) is 12.3 Å². The first-order chi connectivity index (χ1) is 16.7. The highest BCUT2D eigenvalue weighted by molar-refractivity contribution is 5.99. The lowest BCUT2D eigenvalue weighted by Crippen LogP contribution is -2.26. The number of fused-ring (bicyclic) bond motifs is 2. The van der Waals surface area contributed by atoms with E-state index >= 15 is 0 Å². The Kier molecular flexibility index (Phi) is 5.59. The number of hydrogen-bond donors (Lipinski definition) is 2. The van der Waals surface area contributed by atoms with Crippen LogP contribution in [0.5, 0.6) is 0 Å². The first kappa shape index (κ1) is 23.0. The third kappa shape index (κ3) is 3.85. The molecular formula is C27H26F2N4O2. The maximum atomic E-state index is 14.4. The standard InChI is InChI=1S/C27H26F2N4O2/c1-27(2,9-10-30)25-24(15-3-5-16(6-4-15)26(34)35)19-13-22-17(14-31-32-22)11-23(19)33(25)18-7-8-20(28)21(29)12-18/h7-8,11-16H,3-6,9H2,1-2H3,(H,31,32)(H,34,35)/t15-,16-. The average Bonchev–Trinajstić information content (AvgIpc) is 3.41. The summed E-state index contributed by atoms with van der Waals surface area (Å²) in [6, 6.07) is 10.1. The lowest BCUT2D eigenvalue weighted by atomic mass is 9.74. The number of halogens is 2. The van der Waals surface area contributed by atoms with Crippen molar-refractivity contribution in [2.24, 2.45) is 5.92 Å². The zero-order chi connectivity index (χ0) is 24.9. The predicted molar refractivity (Wildman–Crippen MR) is 128 cm³/mol. The molecule has 6 nitrogen and oxygen atoms in total. The second-order valence-corrected chi connectivity index (χ2v) is 10.1. The largest absolute Gasteiger partial charge is 0.481 e. The number of H-pyrrole nitrogens is 1. The van der Waals surface area contributed by atoms with E-state index in [-0.39, 0.29) is 18.3 Å². The predicted octanol–water partition coefficient (Wildman–Crippen LogP) is 6.33. The van der Waals surface area contributed by atoms with Crippen LogP contribution in [0.15, 0.2) is 36.5 Å². The lowest BCUT2D eigenvalue weighted by Gasteiger charge is -2.32. The monoisotopic (exact) mass is 476 g/mol. The summed E-state index contributed by atoms with van der Waals surface area (Å²) in [6.45, 7) is 3.97. The SMILES string of the molecule is CC(C)(CC#N)c1c([C@H]2CC[C@H](C(=O)O)CC2)c2cc3[nH]ncc3cc2n1-c1ccc(F)c(F)c1. The highest BCUT2D eigenvalue weighted by atomic mass is 19.2. The van der Waals surface area contributed by atoms with Gasteiger partial charge in [-0.2, -0.15) is 10.4 Å². The summed E-state index contributed by atoms with van der Waals surface area (Å²) in [7, 11) is 0. The number of nitrogens with one attached hydrogen (secondary N) is 1. The summed E-state index contributed by atoms with van der Waals surface area (Å²) in [6.07, 6.45) is 4.48. The highest BCUT2D eigenvalue weighted by Gasteiger charge is 2.36. The number of carboxylic acids is 1. The number of aromatic nitrogens is 3. The first-order valence-corrected chi connectivity index (χ1v) is 11.8. The minimum Gasteiger partial charge on any atom is -0.481 e. The van der Waals surface area contributed by atoms with Crippen molar-refractivity contribution in [1.82, 2.24) is 14.8 Å². The molecule has 0 bridgehead atoms. The number of carbonyl (C=O) groups is 1. The second kappa shape index (κ2) is 8.49. The minimum atomic E-state index is -0.943. The number of benzene rings is 2. The quantitative estimate of drug-likeness (QED) is 0.352. The third-order valence-electron chi connectivity index (χ3n) is 7.37. The van der Waals surface area contributed by atoms with Crippen LogP contribution in [0.3, 0.4) is 0 Å². The molecule has 0 unspecified atom stereocenters. The summed E-state index contributed by atoms with van der Waals surface area (Å²) in [5, 5.41) is 28.1. The lowest BCUT2D eigenvalue weighted by molar-refractivity contribution is -0.142. The number of nitrogens with zero attached hydrogens (tertiary/aromatic N) is 3. The molecule has 2 aromatic heterocycles. The number of carboxylic acid groups (broad SMARTS) is 1. The number of nitriles is 1. The Morgan fingerprint density at radius 3 is 2.60 bits per heavy atom. The molecule has 1 fully saturated rings. The van der Waals surface area contributed by atoms with E-state index in [2.05, 4.69) is 16.3 Å². The van der Waals surface area contributed by atoms with Crippen LogP contribution in [0.2, 0.25) is 0 Å². The summed E-state index contributed by atoms with van der Waals surface area (Å²) < 4.78 is 30.2. The van der Waals surface area contributed by atoms with Gasteiger partial charge in [-0.1, -0.05) is 13.8 Å². The summed E-state index contributed by atoms with van der Waals surface area (Å²) in [5.41, 5.74) is 3.46. The molecule has 2 N–H and O–H groups in total. The van der Waals surface area contributed by atoms with Crippen molar-refractivity contribution < 1.29 is 18.7 Å². The number of aliphatic carboxylic acids is 1. The Morgan fingerprint density at radius 1 is 1.20 bits per heavy atom. The molecule has 8 heteroatoms. The third-order valence-corrected chi connectivity index (χ3v) is 7.37. The number of rotatable bonds is 5. The molecule has 1 saturated carbocycles. The van der Waals surface area contributed by atoms with E-state index in [1.165, 1.54) is 6.07 Å². The first-order valence-electron chi connectivity index (χ1n) is 11.8. The maximum Gasteiger partial charge on any atom is 0.306 e. The van der Waals surface area contributed by atoms with Crippen molar-refractivity contribution in [1.29, 1.82) is 5.26 Å². The van der Waals surface area contributed by atoms with Gasteiger partial charge in [0.15, 0.2) is 11.6 Å². The fourth-order valence-corrected chi connectivity index (χ4v) is 5.63. The van der Waals surface area contributed by atoms with Gasteiger partial charge < -0.3 is 9.67 Å². The van der Waals surface area contributed by atoms with E-state index in [4.69, 9.17) is 0 Å². The molecule has 0 amide bonds. The van der Waals surface area contributed by atoms with E-state index in [0.29, 0.717) is 31.4 Å². The van der Waals surface area contributed by atoms with Crippen LogP contribution in [0.1, 0.15) is 63.1 Å². The minimum absolute atomic E-state index is 0.0768. The molecule has 2 aromatic carbocycles. The van der Waals surface area contributed by atoms with Gasteiger partial charge in [-0.3, -0.25) is 9.89 Å². The zero-order valence-corrected chi connectivity index (χ0v) is 19.6. The zero-order valence-electron chi connectivity index (χ0n) is 19.6. The van der Waals surface area contributed by atoms with Crippen LogP contribution < -0.4 is 0 Å². The molecular weight excluding hydrogens is 450 g/mol. The topological polar surface area (TPSA) is 94.7 Å². The van der Waals surface area contributed by atoms with Crippen molar-refractivity contribution in [3.63, 3.8) is 0 Å². The summed E-state index contributed by atoms with van der Waals surface area (Å²) >= 11 is 0. The average molecular weight is 477 g/mol.